The summed E-state index contributed by atoms with van der Waals surface area (Å²) in [6, 6.07) is 5.55. The van der Waals surface area contributed by atoms with Crippen LogP contribution in [-0.2, 0) is 14.2 Å². The predicted octanol–water partition coefficient (Wildman–Crippen LogP) is 2.29. The molecule has 2 heterocycles. The van der Waals surface area contributed by atoms with E-state index in [1.165, 1.54) is 11.1 Å². The number of amides is 1. The fourth-order valence-corrected chi connectivity index (χ4v) is 3.26. The van der Waals surface area contributed by atoms with E-state index in [-0.39, 0.29) is 11.9 Å². The number of benzene rings is 1. The Balaban J connectivity index is 1.85. The van der Waals surface area contributed by atoms with Crippen LogP contribution in [0.4, 0.5) is 0 Å². The number of hydrogen-bond donors (Lipinski definition) is 2. The van der Waals surface area contributed by atoms with Gasteiger partial charge in [-0.2, -0.15) is 0 Å². The monoisotopic (exact) mass is 332 g/mol. The third kappa shape index (κ3) is 2.81. The number of ether oxygens (including phenoxy) is 3. The van der Waals surface area contributed by atoms with Gasteiger partial charge in [0.05, 0.1) is 13.2 Å². The average Bonchev–Trinajstić information content (AvgIpc) is 3.04. The first-order valence-corrected chi connectivity index (χ1v) is 8.08. The highest BCUT2D eigenvalue weighted by Gasteiger charge is 2.43. The number of aromatic amines is 1. The number of rotatable bonds is 4. The lowest BCUT2D eigenvalue weighted by Gasteiger charge is -2.41. The zero-order valence-corrected chi connectivity index (χ0v) is 14.6. The molecule has 1 aliphatic heterocycles. The van der Waals surface area contributed by atoms with Crippen LogP contribution in [-0.4, -0.2) is 50.2 Å². The lowest BCUT2D eigenvalue weighted by atomic mass is 10.0. The summed E-state index contributed by atoms with van der Waals surface area (Å²) >= 11 is 0. The average molecular weight is 332 g/mol. The lowest BCUT2D eigenvalue weighted by molar-refractivity contribution is -0.256. The summed E-state index contributed by atoms with van der Waals surface area (Å²) in [7, 11) is 3.17. The van der Waals surface area contributed by atoms with E-state index in [0.717, 1.165) is 10.9 Å². The molecule has 6 nitrogen and oxygen atoms in total. The second kappa shape index (κ2) is 6.55. The van der Waals surface area contributed by atoms with E-state index in [9.17, 15) is 4.79 Å². The van der Waals surface area contributed by atoms with E-state index in [4.69, 9.17) is 14.2 Å². The summed E-state index contributed by atoms with van der Waals surface area (Å²) in [6.45, 7) is 5.01. The van der Waals surface area contributed by atoms with Crippen LogP contribution in [0, 0.1) is 13.8 Å². The van der Waals surface area contributed by atoms with Crippen molar-refractivity contribution in [3.8, 4) is 0 Å². The normalized spacial score (nSPS) is 20.2. The number of H-pyrrole nitrogens is 1. The van der Waals surface area contributed by atoms with Crippen LogP contribution in [0.5, 0.6) is 0 Å². The predicted molar refractivity (Wildman–Crippen MR) is 91.2 cm³/mol. The maximum absolute atomic E-state index is 12.7. The van der Waals surface area contributed by atoms with Gasteiger partial charge in [0.25, 0.3) is 5.91 Å². The molecule has 1 amide bonds. The van der Waals surface area contributed by atoms with Gasteiger partial charge in [0.15, 0.2) is 5.79 Å². The molecular weight excluding hydrogens is 308 g/mol. The standard InChI is InChI=1S/C18H24N2O4/c1-11-5-6-14-13(12(11)2)9-15(19-14)17(21)20-16-10-24-8-7-18(16,22-3)23-4/h5-6,9,16,19H,7-8,10H2,1-4H3,(H,20,21). The molecule has 24 heavy (non-hydrogen) atoms. The molecule has 6 heteroatoms. The summed E-state index contributed by atoms with van der Waals surface area (Å²) in [5, 5.41) is 4.04. The summed E-state index contributed by atoms with van der Waals surface area (Å²) in [4.78, 5) is 15.9. The summed E-state index contributed by atoms with van der Waals surface area (Å²) in [5.41, 5.74) is 3.84. The van der Waals surface area contributed by atoms with Gasteiger partial charge >= 0.3 is 0 Å². The largest absolute Gasteiger partial charge is 0.379 e. The van der Waals surface area contributed by atoms with Crippen molar-refractivity contribution < 1.29 is 19.0 Å². The maximum Gasteiger partial charge on any atom is 0.268 e. The first-order valence-electron chi connectivity index (χ1n) is 8.08. The molecule has 1 aromatic carbocycles. The van der Waals surface area contributed by atoms with Gasteiger partial charge in [0.2, 0.25) is 0 Å². The number of methoxy groups -OCH3 is 2. The highest BCUT2D eigenvalue weighted by molar-refractivity contribution is 5.99. The maximum atomic E-state index is 12.7. The van der Waals surface area contributed by atoms with E-state index in [0.29, 0.717) is 25.3 Å². The van der Waals surface area contributed by atoms with Crippen LogP contribution in [0.15, 0.2) is 18.2 Å². The van der Waals surface area contributed by atoms with Crippen LogP contribution in [0.2, 0.25) is 0 Å². The zero-order valence-electron chi connectivity index (χ0n) is 14.6. The van der Waals surface area contributed by atoms with Crippen molar-refractivity contribution in [2.45, 2.75) is 32.1 Å². The van der Waals surface area contributed by atoms with Gasteiger partial charge in [-0.3, -0.25) is 4.79 Å². The molecule has 3 rings (SSSR count). The van der Waals surface area contributed by atoms with Crippen molar-refractivity contribution in [3.63, 3.8) is 0 Å². The number of fused-ring (bicyclic) bond motifs is 1. The highest BCUT2D eigenvalue weighted by atomic mass is 16.7. The van der Waals surface area contributed by atoms with E-state index in [1.807, 2.05) is 18.2 Å². The van der Waals surface area contributed by atoms with Gasteiger partial charge in [-0.05, 0) is 37.1 Å². The Morgan fingerprint density at radius 3 is 2.79 bits per heavy atom. The number of carbonyl (C=O) groups excluding carboxylic acids is 1. The van der Waals surface area contributed by atoms with E-state index < -0.39 is 5.79 Å². The van der Waals surface area contributed by atoms with Crippen molar-refractivity contribution in [2.24, 2.45) is 0 Å². The van der Waals surface area contributed by atoms with E-state index >= 15 is 0 Å². The van der Waals surface area contributed by atoms with E-state index in [2.05, 4.69) is 24.1 Å². The minimum atomic E-state index is -0.855. The SMILES string of the molecule is COC1(OC)CCOCC1NC(=O)c1cc2c(C)c(C)ccc2[nH]1. The Kier molecular flexibility index (Phi) is 4.62. The second-order valence-electron chi connectivity index (χ2n) is 6.22. The fraction of sp³-hybridized carbons (Fsp3) is 0.500. The third-order valence-electron chi connectivity index (χ3n) is 4.99. The minimum Gasteiger partial charge on any atom is -0.379 e. The quantitative estimate of drug-likeness (QED) is 0.843. The number of aromatic nitrogens is 1. The number of carbonyl (C=O) groups is 1. The molecule has 130 valence electrons. The fourth-order valence-electron chi connectivity index (χ4n) is 3.26. The van der Waals surface area contributed by atoms with Gasteiger partial charge in [0, 0.05) is 31.5 Å². The molecule has 1 atom stereocenters. The van der Waals surface area contributed by atoms with Gasteiger partial charge in [-0.25, -0.2) is 0 Å². The number of nitrogens with one attached hydrogen (secondary N) is 2. The molecule has 1 aliphatic rings. The first-order chi connectivity index (χ1) is 11.5. The topological polar surface area (TPSA) is 72.6 Å². The third-order valence-corrected chi connectivity index (χ3v) is 4.99. The molecule has 0 bridgehead atoms. The van der Waals surface area contributed by atoms with E-state index in [1.54, 1.807) is 14.2 Å². The summed E-state index contributed by atoms with van der Waals surface area (Å²) in [6.07, 6.45) is 0.565. The number of aryl methyl sites for hydroxylation is 2. The van der Waals surface area contributed by atoms with Crippen LogP contribution in [0.25, 0.3) is 10.9 Å². The number of hydrogen-bond acceptors (Lipinski definition) is 4. The molecule has 2 aromatic rings. The van der Waals surface area contributed by atoms with Crippen LogP contribution in [0.1, 0.15) is 28.0 Å². The Morgan fingerprint density at radius 2 is 2.08 bits per heavy atom. The molecule has 1 aromatic heterocycles. The van der Waals surface area contributed by atoms with Crippen molar-refractivity contribution in [2.75, 3.05) is 27.4 Å². The Hall–Kier alpha value is -1.89. The van der Waals surface area contributed by atoms with Gasteiger partial charge in [-0.15, -0.1) is 0 Å². The smallest absolute Gasteiger partial charge is 0.268 e. The molecular formula is C18H24N2O4. The molecule has 1 saturated heterocycles. The van der Waals surface area contributed by atoms with Crippen molar-refractivity contribution in [1.82, 2.24) is 10.3 Å². The molecule has 2 N–H and O–H groups in total. The molecule has 1 fully saturated rings. The Labute approximate surface area is 141 Å². The first kappa shape index (κ1) is 17.0. The zero-order chi connectivity index (χ0) is 17.3. The van der Waals surface area contributed by atoms with Crippen molar-refractivity contribution in [3.05, 3.63) is 35.0 Å². The van der Waals surface area contributed by atoms with Crippen molar-refractivity contribution in [1.29, 1.82) is 0 Å². The molecule has 1 unspecified atom stereocenters. The molecule has 0 radical (unpaired) electrons. The Bertz CT molecular complexity index is 749. The van der Waals surface area contributed by atoms with Gasteiger partial charge < -0.3 is 24.5 Å². The van der Waals surface area contributed by atoms with Crippen molar-refractivity contribution >= 4 is 16.8 Å². The van der Waals surface area contributed by atoms with Crippen LogP contribution < -0.4 is 5.32 Å². The van der Waals surface area contributed by atoms with Gasteiger partial charge in [0.1, 0.15) is 11.7 Å². The summed E-state index contributed by atoms with van der Waals surface area (Å²) in [5.74, 6) is -1.05. The van der Waals surface area contributed by atoms with Crippen LogP contribution in [0.3, 0.4) is 0 Å². The molecule has 0 saturated carbocycles. The molecule has 0 aliphatic carbocycles. The lowest BCUT2D eigenvalue weighted by Crippen LogP contribution is -2.60. The van der Waals surface area contributed by atoms with Gasteiger partial charge in [-0.1, -0.05) is 6.07 Å². The second-order valence-corrected chi connectivity index (χ2v) is 6.22. The molecule has 0 spiro atoms. The minimum absolute atomic E-state index is 0.197. The highest BCUT2D eigenvalue weighted by Crippen LogP contribution is 2.27. The van der Waals surface area contributed by atoms with Crippen LogP contribution >= 0.6 is 0 Å². The Morgan fingerprint density at radius 1 is 1.33 bits per heavy atom. The summed E-state index contributed by atoms with van der Waals surface area (Å²) < 4.78 is 16.6.